The van der Waals surface area contributed by atoms with E-state index in [1.807, 2.05) is 51.2 Å². The zero-order valence-corrected chi connectivity index (χ0v) is 13.4. The Kier molecular flexibility index (Phi) is 4.12. The number of ether oxygens (including phenoxy) is 1. The molecule has 0 radical (unpaired) electrons. The molecular weight excluding hydrogens is 305 g/mol. The number of carbonyl (C=O) groups is 2. The van der Waals surface area contributed by atoms with Crippen LogP contribution in [0.25, 0.3) is 10.9 Å². The van der Waals surface area contributed by atoms with Crippen molar-refractivity contribution in [2.75, 3.05) is 0 Å². The average Bonchev–Trinajstić information content (AvgIpc) is 2.93. The molecule has 1 N–H and O–H groups in total. The van der Waals surface area contributed by atoms with Crippen LogP contribution in [0.5, 0.6) is 0 Å². The van der Waals surface area contributed by atoms with Gasteiger partial charge in [-0.1, -0.05) is 47.9 Å². The van der Waals surface area contributed by atoms with Crippen molar-refractivity contribution >= 4 is 36.3 Å². The molecule has 0 amide bonds. The Morgan fingerprint density at radius 1 is 1.21 bits per heavy atom. The summed E-state index contributed by atoms with van der Waals surface area (Å²) < 4.78 is 6.61. The molecule has 0 aliphatic heterocycles. The van der Waals surface area contributed by atoms with E-state index in [4.69, 9.17) is 4.74 Å². The van der Waals surface area contributed by atoms with Crippen LogP contribution < -0.4 is 5.46 Å². The van der Waals surface area contributed by atoms with E-state index in [1.165, 1.54) is 10.8 Å². The minimum absolute atomic E-state index is 0.0912. The van der Waals surface area contributed by atoms with Gasteiger partial charge in [-0.2, -0.15) is 0 Å². The van der Waals surface area contributed by atoms with Crippen LogP contribution in [0.15, 0.2) is 48.7 Å². The van der Waals surface area contributed by atoms with Gasteiger partial charge in [-0.3, -0.25) is 4.57 Å². The van der Waals surface area contributed by atoms with Crippen molar-refractivity contribution in [2.24, 2.45) is 0 Å². The Hall–Kier alpha value is -3.02. The van der Waals surface area contributed by atoms with Crippen molar-refractivity contribution in [3.8, 4) is 0 Å². The van der Waals surface area contributed by atoms with Gasteiger partial charge < -0.3 is 9.84 Å². The maximum Gasteiger partial charge on any atom is 0.418 e. The van der Waals surface area contributed by atoms with Crippen LogP contribution in [0.2, 0.25) is 0 Å². The van der Waals surface area contributed by atoms with E-state index in [1.54, 1.807) is 6.07 Å². The highest BCUT2D eigenvalue weighted by molar-refractivity contribution is 6.33. The Balaban J connectivity index is 1.99. The number of carboxylic acid groups (broad SMARTS) is 1. The highest BCUT2D eigenvalue weighted by Crippen LogP contribution is 2.24. The summed E-state index contributed by atoms with van der Waals surface area (Å²) in [6.07, 6.45) is 0.732. The molecule has 24 heavy (non-hydrogen) atoms. The Morgan fingerprint density at radius 2 is 1.92 bits per heavy atom. The lowest BCUT2D eigenvalue weighted by Gasteiger charge is -2.08. The predicted molar refractivity (Wildman–Crippen MR) is 93.8 cm³/mol. The van der Waals surface area contributed by atoms with Crippen LogP contribution >= 0.6 is 0 Å². The van der Waals surface area contributed by atoms with E-state index in [2.05, 4.69) is 0 Å². The Morgan fingerprint density at radius 3 is 2.58 bits per heavy atom. The summed E-state index contributed by atoms with van der Waals surface area (Å²) in [6.45, 7) is 1.98. The summed E-state index contributed by atoms with van der Waals surface area (Å²) in [5.74, 6) is -1.07. The molecule has 0 aliphatic carbocycles. The zero-order valence-electron chi connectivity index (χ0n) is 13.4. The quantitative estimate of drug-likeness (QED) is 0.750. The first-order valence-electron chi connectivity index (χ1n) is 7.54. The number of aromatic nitrogens is 1. The monoisotopic (exact) mass is 321 g/mol. The normalized spacial score (nSPS) is 10.7. The summed E-state index contributed by atoms with van der Waals surface area (Å²) in [5, 5.41) is 9.94. The van der Waals surface area contributed by atoms with E-state index in [-0.39, 0.29) is 12.2 Å². The first kappa shape index (κ1) is 15.9. The second-order valence-corrected chi connectivity index (χ2v) is 5.74. The van der Waals surface area contributed by atoms with Gasteiger partial charge in [0.1, 0.15) is 14.5 Å². The standard InChI is InChI=1S/C18H16BNO4/c1-11-7-13(19)8-14-15(17(21)22)9-20(16(11)14)18(23)24-10-12-5-3-2-4-6-12/h2-9H,10,19H2,1H3,(H,21,22). The van der Waals surface area contributed by atoms with Crippen molar-refractivity contribution in [1.82, 2.24) is 4.57 Å². The fraction of sp³-hybridized carbons (Fsp3) is 0.111. The molecule has 0 saturated carbocycles. The molecule has 0 saturated heterocycles. The summed E-state index contributed by atoms with van der Waals surface area (Å²) in [7, 11) is 1.89. The number of hydrogen-bond donors (Lipinski definition) is 1. The van der Waals surface area contributed by atoms with E-state index in [0.717, 1.165) is 16.6 Å². The third-order valence-corrected chi connectivity index (χ3v) is 3.87. The van der Waals surface area contributed by atoms with Crippen LogP contribution in [0.1, 0.15) is 21.5 Å². The maximum absolute atomic E-state index is 12.5. The van der Waals surface area contributed by atoms with Gasteiger partial charge in [0.05, 0.1) is 11.1 Å². The van der Waals surface area contributed by atoms with Crippen molar-refractivity contribution in [3.05, 3.63) is 65.4 Å². The smallest absolute Gasteiger partial charge is 0.418 e. The van der Waals surface area contributed by atoms with Crippen LogP contribution in [-0.2, 0) is 11.3 Å². The van der Waals surface area contributed by atoms with Gasteiger partial charge in [0.15, 0.2) is 0 Å². The van der Waals surface area contributed by atoms with E-state index in [0.29, 0.717) is 10.9 Å². The lowest BCUT2D eigenvalue weighted by Crippen LogP contribution is -2.13. The molecule has 0 spiro atoms. The first-order valence-corrected chi connectivity index (χ1v) is 7.54. The van der Waals surface area contributed by atoms with Gasteiger partial charge in [0.2, 0.25) is 0 Å². The number of benzene rings is 2. The fourth-order valence-electron chi connectivity index (χ4n) is 2.85. The summed E-state index contributed by atoms with van der Waals surface area (Å²) in [6, 6.07) is 13.0. The molecular formula is C18H16BNO4. The van der Waals surface area contributed by atoms with Gasteiger partial charge in [-0.25, -0.2) is 9.59 Å². The largest absolute Gasteiger partial charge is 0.478 e. The van der Waals surface area contributed by atoms with Crippen molar-refractivity contribution in [3.63, 3.8) is 0 Å². The van der Waals surface area contributed by atoms with Gasteiger partial charge >= 0.3 is 12.1 Å². The number of hydrogen-bond acceptors (Lipinski definition) is 3. The third-order valence-electron chi connectivity index (χ3n) is 3.87. The molecule has 0 fully saturated rings. The molecule has 3 aromatic rings. The molecule has 1 heterocycles. The van der Waals surface area contributed by atoms with Crippen LogP contribution in [0.4, 0.5) is 4.79 Å². The summed E-state index contributed by atoms with van der Waals surface area (Å²) in [5.41, 5.74) is 3.30. The molecule has 3 rings (SSSR count). The predicted octanol–water partition coefficient (Wildman–Crippen LogP) is 2.09. The molecule has 2 aromatic carbocycles. The second-order valence-electron chi connectivity index (χ2n) is 5.74. The number of fused-ring (bicyclic) bond motifs is 1. The number of nitrogens with zero attached hydrogens (tertiary/aromatic N) is 1. The lowest BCUT2D eigenvalue weighted by atomic mass is 9.92. The Labute approximate surface area is 139 Å². The van der Waals surface area contributed by atoms with Crippen molar-refractivity contribution < 1.29 is 19.4 Å². The average molecular weight is 321 g/mol. The highest BCUT2D eigenvalue weighted by Gasteiger charge is 2.20. The Bertz CT molecular complexity index is 931. The van der Waals surface area contributed by atoms with E-state index in [9.17, 15) is 14.7 Å². The van der Waals surface area contributed by atoms with Crippen molar-refractivity contribution in [2.45, 2.75) is 13.5 Å². The van der Waals surface area contributed by atoms with Gasteiger partial charge in [0, 0.05) is 11.6 Å². The fourth-order valence-corrected chi connectivity index (χ4v) is 2.85. The minimum Gasteiger partial charge on any atom is -0.478 e. The second kappa shape index (κ2) is 6.24. The van der Waals surface area contributed by atoms with E-state index >= 15 is 0 Å². The number of carbonyl (C=O) groups excluding carboxylic acids is 1. The topological polar surface area (TPSA) is 68.5 Å². The molecule has 0 atom stereocenters. The molecule has 0 unspecified atom stereocenters. The lowest BCUT2D eigenvalue weighted by molar-refractivity contribution is 0.0699. The number of aryl methyl sites for hydroxylation is 1. The van der Waals surface area contributed by atoms with Gasteiger partial charge in [-0.15, -0.1) is 0 Å². The molecule has 120 valence electrons. The summed E-state index contributed by atoms with van der Waals surface area (Å²) in [4.78, 5) is 23.9. The third kappa shape index (κ3) is 2.90. The molecule has 6 heteroatoms. The number of aromatic carboxylic acids is 1. The van der Waals surface area contributed by atoms with Crippen molar-refractivity contribution in [1.29, 1.82) is 0 Å². The number of rotatable bonds is 3. The van der Waals surface area contributed by atoms with Crippen LogP contribution in [0, 0.1) is 6.92 Å². The van der Waals surface area contributed by atoms with Crippen LogP contribution in [0.3, 0.4) is 0 Å². The molecule has 0 bridgehead atoms. The maximum atomic E-state index is 12.5. The molecule has 0 aliphatic rings. The highest BCUT2D eigenvalue weighted by atomic mass is 16.5. The van der Waals surface area contributed by atoms with Gasteiger partial charge in [-0.05, 0) is 18.1 Å². The minimum atomic E-state index is -1.07. The summed E-state index contributed by atoms with van der Waals surface area (Å²) >= 11 is 0. The SMILES string of the molecule is Bc1cc(C)c2c(c1)c(C(=O)O)cn2C(=O)OCc1ccccc1. The zero-order chi connectivity index (χ0) is 17.3. The van der Waals surface area contributed by atoms with Crippen LogP contribution in [-0.4, -0.2) is 29.6 Å². The van der Waals surface area contributed by atoms with E-state index < -0.39 is 12.1 Å². The molecule has 5 nitrogen and oxygen atoms in total. The first-order chi connectivity index (χ1) is 11.5. The molecule has 1 aromatic heterocycles. The number of carboxylic acids is 1. The van der Waals surface area contributed by atoms with Gasteiger partial charge in [0.25, 0.3) is 0 Å².